The van der Waals surface area contributed by atoms with Gasteiger partial charge >= 0.3 is 0 Å². The topological polar surface area (TPSA) is 119 Å². The summed E-state index contributed by atoms with van der Waals surface area (Å²) in [5, 5.41) is 0. The molecule has 0 amide bonds. The molecule has 0 radical (unpaired) electrons. The quantitative estimate of drug-likeness (QED) is 0.0981. The molecule has 0 aliphatic rings. The van der Waals surface area contributed by atoms with Crippen LogP contribution in [0.2, 0.25) is 0 Å². The second kappa shape index (κ2) is 25.1. The third-order valence-electron chi connectivity index (χ3n) is 15.8. The molecule has 0 aliphatic carbocycles. The third kappa shape index (κ3) is 12.0. The van der Waals surface area contributed by atoms with Crippen molar-refractivity contribution in [3.8, 4) is 135 Å². The molecule has 91 heavy (non-hydrogen) atoms. The minimum atomic E-state index is 0.147. The molecule has 0 aliphatic heterocycles. The van der Waals surface area contributed by atoms with E-state index in [9.17, 15) is 0 Å². The van der Waals surface area contributed by atoms with Gasteiger partial charge in [0, 0.05) is 33.4 Å². The third-order valence-corrected chi connectivity index (χ3v) is 15.8. The molecule has 12 aromatic carbocycles. The lowest BCUT2D eigenvalue weighted by molar-refractivity contribution is 0.919. The van der Waals surface area contributed by atoms with Crippen LogP contribution in [0, 0.1) is 0 Å². The van der Waals surface area contributed by atoms with Crippen molar-refractivity contribution in [2.24, 2.45) is 0 Å². The average molecular weight is 1170 g/mol. The summed E-state index contributed by atoms with van der Waals surface area (Å²) in [5.41, 5.74) is 16.8. The number of hydrogen-bond acceptors (Lipinski definition) is 10. The zero-order valence-corrected chi connectivity index (χ0v) is 49.1. The fourth-order valence-corrected chi connectivity index (χ4v) is 11.2. The first kappa shape index (κ1) is 55.1. The second-order valence-electron chi connectivity index (χ2n) is 21.9. The largest absolute Gasteiger partial charge is 0.243 e. The van der Waals surface area contributed by atoms with Gasteiger partial charge in [0.25, 0.3) is 0 Å². The summed E-state index contributed by atoms with van der Waals surface area (Å²) < 4.78 is 0. The van der Waals surface area contributed by atoms with Crippen LogP contribution < -0.4 is 4.90 Å². The first-order valence-corrected chi connectivity index (χ1v) is 30.1. The highest BCUT2D eigenvalue weighted by molar-refractivity contribution is 5.81. The zero-order chi connectivity index (χ0) is 60.7. The molecule has 0 fully saturated rings. The Morgan fingerprint density at radius 1 is 0.132 bits per heavy atom. The smallest absolute Gasteiger partial charge is 0.213 e. The first-order valence-electron chi connectivity index (χ1n) is 30.1. The van der Waals surface area contributed by atoms with Gasteiger partial charge < -0.3 is 0 Å². The van der Waals surface area contributed by atoms with Crippen molar-refractivity contribution in [1.82, 2.24) is 44.9 Å². The van der Waals surface area contributed by atoms with Gasteiger partial charge in [-0.3, -0.25) is 0 Å². The van der Waals surface area contributed by atoms with E-state index in [1.165, 1.54) is 0 Å². The Balaban J connectivity index is 1.03. The van der Waals surface area contributed by atoms with Crippen molar-refractivity contribution >= 4 is 17.8 Å². The lowest BCUT2D eigenvalue weighted by atomic mass is 10.0. The monoisotopic (exact) mass is 1170 g/mol. The van der Waals surface area contributed by atoms with Crippen molar-refractivity contribution in [3.05, 3.63) is 328 Å². The van der Waals surface area contributed by atoms with Crippen LogP contribution in [-0.2, 0) is 0 Å². The van der Waals surface area contributed by atoms with E-state index in [1.54, 1.807) is 4.90 Å². The van der Waals surface area contributed by atoms with E-state index in [0.29, 0.717) is 34.9 Å². The molecule has 0 saturated heterocycles. The Morgan fingerprint density at radius 3 is 0.440 bits per heavy atom. The molecule has 15 rings (SSSR count). The molecule has 10 heteroatoms. The predicted molar refractivity (Wildman–Crippen MR) is 367 cm³/mol. The van der Waals surface area contributed by atoms with Gasteiger partial charge in [-0.25, -0.2) is 19.9 Å². The number of aromatic nitrogens is 9. The van der Waals surface area contributed by atoms with Crippen LogP contribution in [0.15, 0.2) is 328 Å². The maximum Gasteiger partial charge on any atom is 0.243 e. The van der Waals surface area contributed by atoms with Crippen LogP contribution in [0.5, 0.6) is 0 Å². The van der Waals surface area contributed by atoms with Crippen molar-refractivity contribution in [1.29, 1.82) is 0 Å². The fourth-order valence-electron chi connectivity index (χ4n) is 11.2. The summed E-state index contributed by atoms with van der Waals surface area (Å²) in [6, 6.07) is 111. The van der Waals surface area contributed by atoms with Gasteiger partial charge in [-0.2, -0.15) is 29.9 Å². The Kier molecular flexibility index (Phi) is 15.2. The first-order chi connectivity index (χ1) is 45.0. The van der Waals surface area contributed by atoms with Crippen molar-refractivity contribution in [2.75, 3.05) is 4.90 Å². The standard InChI is InChI=1S/C81H54N10/c1-7-25-55(26-8-1)61-37-19-43-67(49-61)73-82-74(68-44-20-38-62(50-68)56-27-9-2-10-28-56)86-79(85-73)91(80-87-75(69-45-21-39-63(51-69)57-29-11-3-12-30-57)83-76(88-80)70-46-22-40-64(52-70)58-31-13-4-14-32-58)81-89-77(71-47-23-41-65(53-71)59-33-15-5-16-34-59)84-78(90-81)72-48-24-42-66(54-72)60-35-17-6-18-36-60/h1-54H. The van der Waals surface area contributed by atoms with E-state index in [-0.39, 0.29) is 17.8 Å². The number of anilines is 3. The van der Waals surface area contributed by atoms with Gasteiger partial charge in [0.15, 0.2) is 34.9 Å². The van der Waals surface area contributed by atoms with Crippen LogP contribution in [0.4, 0.5) is 17.8 Å². The molecule has 0 saturated carbocycles. The van der Waals surface area contributed by atoms with E-state index in [4.69, 9.17) is 44.9 Å². The molecule has 10 nitrogen and oxygen atoms in total. The number of nitrogens with zero attached hydrogens (tertiary/aromatic N) is 10. The summed E-state index contributed by atoms with van der Waals surface area (Å²) in [7, 11) is 0. The Morgan fingerprint density at radius 2 is 0.275 bits per heavy atom. The van der Waals surface area contributed by atoms with Crippen molar-refractivity contribution < 1.29 is 0 Å². The molecule has 3 heterocycles. The van der Waals surface area contributed by atoms with Gasteiger partial charge in [0.2, 0.25) is 17.8 Å². The second-order valence-corrected chi connectivity index (χ2v) is 21.9. The normalized spacial score (nSPS) is 11.1. The molecule has 0 spiro atoms. The van der Waals surface area contributed by atoms with E-state index in [1.807, 2.05) is 182 Å². The maximum absolute atomic E-state index is 5.53. The van der Waals surface area contributed by atoms with Crippen LogP contribution in [0.3, 0.4) is 0 Å². The van der Waals surface area contributed by atoms with E-state index in [2.05, 4.69) is 146 Å². The van der Waals surface area contributed by atoms with Crippen LogP contribution in [0.25, 0.3) is 135 Å². The minimum Gasteiger partial charge on any atom is -0.213 e. The van der Waals surface area contributed by atoms with Gasteiger partial charge in [-0.05, 0) is 103 Å². The summed E-state index contributed by atoms with van der Waals surface area (Å²) in [6.45, 7) is 0. The SMILES string of the molecule is c1ccc(-c2cccc(-c3nc(-c4cccc(-c5ccccc5)c4)nc(N(c4nc(-c5cccc(-c6ccccc6)c5)nc(-c5cccc(-c6ccccc6)c5)n4)c4nc(-c5cccc(-c6ccccc6)c5)nc(-c5cccc(-c6ccccc6)c5)n4)n3)c2)cc1. The lowest BCUT2D eigenvalue weighted by Crippen LogP contribution is -2.22. The molecule has 0 N–H and O–H groups in total. The van der Waals surface area contributed by atoms with Gasteiger partial charge in [0.05, 0.1) is 0 Å². The van der Waals surface area contributed by atoms with E-state index in [0.717, 1.165) is 100 Å². The van der Waals surface area contributed by atoms with Crippen LogP contribution in [0.1, 0.15) is 0 Å². The fraction of sp³-hybridized carbons (Fsp3) is 0. The minimum absolute atomic E-state index is 0.147. The molecule has 428 valence electrons. The predicted octanol–water partition coefficient (Wildman–Crippen LogP) is 19.7. The van der Waals surface area contributed by atoms with Crippen LogP contribution in [-0.4, -0.2) is 44.9 Å². The highest BCUT2D eigenvalue weighted by Crippen LogP contribution is 2.39. The van der Waals surface area contributed by atoms with Crippen molar-refractivity contribution in [2.45, 2.75) is 0 Å². The molecular weight excluding hydrogens is 1110 g/mol. The van der Waals surface area contributed by atoms with Crippen molar-refractivity contribution in [3.63, 3.8) is 0 Å². The van der Waals surface area contributed by atoms with E-state index >= 15 is 0 Å². The van der Waals surface area contributed by atoms with Gasteiger partial charge in [-0.1, -0.05) is 291 Å². The molecule has 0 unspecified atom stereocenters. The summed E-state index contributed by atoms with van der Waals surface area (Å²) in [6.07, 6.45) is 0. The van der Waals surface area contributed by atoms with Gasteiger partial charge in [0.1, 0.15) is 0 Å². The molecule has 0 atom stereocenters. The Bertz CT molecular complexity index is 4240. The number of rotatable bonds is 15. The summed E-state index contributed by atoms with van der Waals surface area (Å²) in [5.74, 6) is 2.82. The molecule has 0 bridgehead atoms. The molecule has 15 aromatic rings. The van der Waals surface area contributed by atoms with E-state index < -0.39 is 0 Å². The summed E-state index contributed by atoms with van der Waals surface area (Å²) in [4.78, 5) is 51.0. The zero-order valence-electron chi connectivity index (χ0n) is 49.1. The Hall–Kier alpha value is -12.5. The molecular formula is C81H54N10. The highest BCUT2D eigenvalue weighted by atomic mass is 15.4. The molecule has 3 aromatic heterocycles. The average Bonchev–Trinajstić information content (AvgIpc) is 1.09. The number of benzene rings is 12. The van der Waals surface area contributed by atoms with Crippen LogP contribution >= 0.6 is 0 Å². The Labute approximate surface area is 527 Å². The highest BCUT2D eigenvalue weighted by Gasteiger charge is 2.29. The maximum atomic E-state index is 5.53. The lowest BCUT2D eigenvalue weighted by Gasteiger charge is -2.22. The van der Waals surface area contributed by atoms with Gasteiger partial charge in [-0.15, -0.1) is 0 Å². The number of hydrogen-bond donors (Lipinski definition) is 0. The summed E-state index contributed by atoms with van der Waals surface area (Å²) >= 11 is 0.